The molecule has 0 bridgehead atoms. The third kappa shape index (κ3) is 6.95. The van der Waals surface area contributed by atoms with E-state index in [4.69, 9.17) is 9.26 Å². The van der Waals surface area contributed by atoms with Crippen LogP contribution in [0, 0.1) is 19.8 Å². The summed E-state index contributed by atoms with van der Waals surface area (Å²) in [4.78, 5) is 30.0. The number of nitrogens with zero attached hydrogens (tertiary/aromatic N) is 3. The van der Waals surface area contributed by atoms with Crippen LogP contribution in [-0.4, -0.2) is 79.3 Å². The summed E-state index contributed by atoms with van der Waals surface area (Å²) in [5, 5.41) is 18.6. The van der Waals surface area contributed by atoms with Crippen LogP contribution in [0.15, 0.2) is 70.1 Å². The van der Waals surface area contributed by atoms with Crippen LogP contribution in [0.1, 0.15) is 30.9 Å². The Kier molecular flexibility index (Phi) is 9.54. The summed E-state index contributed by atoms with van der Waals surface area (Å²) in [5.74, 6) is 0.0678. The lowest BCUT2D eigenvalue weighted by atomic mass is 10.0. The van der Waals surface area contributed by atoms with Gasteiger partial charge in [0.2, 0.25) is 5.91 Å². The zero-order valence-corrected chi connectivity index (χ0v) is 27.3. The Labute approximate surface area is 268 Å². The van der Waals surface area contributed by atoms with Gasteiger partial charge in [0.05, 0.1) is 31.3 Å². The smallest absolute Gasteiger partial charge is 0.321 e. The van der Waals surface area contributed by atoms with Crippen molar-refractivity contribution < 1.29 is 32.4 Å². The number of carbonyl (C=O) groups is 2. The van der Waals surface area contributed by atoms with Crippen molar-refractivity contribution in [3.8, 4) is 5.75 Å². The Bertz CT molecular complexity index is 1830. The highest BCUT2D eigenvalue weighted by atomic mass is 32.2. The molecule has 0 unspecified atom stereocenters. The van der Waals surface area contributed by atoms with E-state index < -0.39 is 22.2 Å². The molecule has 1 aliphatic rings. The Morgan fingerprint density at radius 1 is 1.15 bits per heavy atom. The van der Waals surface area contributed by atoms with Gasteiger partial charge in [-0.05, 0) is 50.4 Å². The monoisotopic (exact) mass is 649 g/mol. The normalized spacial score (nSPS) is 17.7. The van der Waals surface area contributed by atoms with Gasteiger partial charge in [0, 0.05) is 36.1 Å². The van der Waals surface area contributed by atoms with Crippen LogP contribution in [0.25, 0.3) is 10.8 Å². The second-order valence-corrected chi connectivity index (χ2v) is 13.4. The molecule has 1 aliphatic heterocycles. The standard InChI is InChI=1S/C33H39N5O7S/c1-20-17-38(21(2)19-39)31(40)16-25-15-26(36-46(42,43)32-22(3)35-45-23(32)4)13-14-29(25)44-30(20)18-37(5)33(41)34-28-12-8-10-24-9-6-7-11-27(24)28/h6-15,20-21,30,36,39H,16-19H2,1-5H3,(H,34,41)/t20-,21-,30-/m0/s1. The number of urea groups is 1. The van der Waals surface area contributed by atoms with Gasteiger partial charge in [-0.15, -0.1) is 0 Å². The highest BCUT2D eigenvalue weighted by molar-refractivity contribution is 7.92. The van der Waals surface area contributed by atoms with Crippen molar-refractivity contribution in [2.75, 3.05) is 36.8 Å². The molecule has 3 N–H and O–H groups in total. The number of nitrogens with one attached hydrogen (secondary N) is 2. The number of aryl methyl sites for hydroxylation is 2. The average molecular weight is 650 g/mol. The molecule has 0 saturated carbocycles. The summed E-state index contributed by atoms with van der Waals surface area (Å²) >= 11 is 0. The minimum atomic E-state index is -4.03. The Hall–Kier alpha value is -4.62. The number of carbonyl (C=O) groups excluding carboxylic acids is 2. The molecule has 3 atom stereocenters. The molecule has 0 fully saturated rings. The summed E-state index contributed by atoms with van der Waals surface area (Å²) in [6.07, 6.45) is -0.636. The predicted octanol–water partition coefficient (Wildman–Crippen LogP) is 4.56. The number of anilines is 2. The topological polar surface area (TPSA) is 154 Å². The van der Waals surface area contributed by atoms with Crippen molar-refractivity contribution in [2.24, 2.45) is 5.92 Å². The fourth-order valence-electron chi connectivity index (χ4n) is 5.67. The third-order valence-corrected chi connectivity index (χ3v) is 9.86. The number of fused-ring (bicyclic) bond motifs is 2. The quantitative estimate of drug-likeness (QED) is 0.251. The van der Waals surface area contributed by atoms with Crippen molar-refractivity contribution in [1.82, 2.24) is 15.0 Å². The van der Waals surface area contributed by atoms with E-state index in [1.807, 2.05) is 49.4 Å². The molecule has 0 saturated heterocycles. The molecule has 5 rings (SSSR count). The number of hydrogen-bond donors (Lipinski definition) is 3. The molecule has 0 aliphatic carbocycles. The maximum absolute atomic E-state index is 13.6. The number of aliphatic hydroxyl groups excluding tert-OH is 1. The van der Waals surface area contributed by atoms with Gasteiger partial charge in [-0.1, -0.05) is 48.5 Å². The molecule has 2 heterocycles. The van der Waals surface area contributed by atoms with Crippen LogP contribution in [0.2, 0.25) is 0 Å². The molecule has 12 nitrogen and oxygen atoms in total. The van der Waals surface area contributed by atoms with E-state index >= 15 is 0 Å². The molecule has 1 aromatic heterocycles. The fraction of sp³-hybridized carbons (Fsp3) is 0.364. The van der Waals surface area contributed by atoms with E-state index in [1.54, 1.807) is 44.0 Å². The summed E-state index contributed by atoms with van der Waals surface area (Å²) in [7, 11) is -2.36. The molecular formula is C33H39N5O7S. The minimum absolute atomic E-state index is 0.0509. The number of aliphatic hydroxyl groups is 1. The van der Waals surface area contributed by atoms with Crippen molar-refractivity contribution in [2.45, 2.75) is 51.2 Å². The van der Waals surface area contributed by atoms with Crippen LogP contribution in [0.5, 0.6) is 5.75 Å². The highest BCUT2D eigenvalue weighted by Gasteiger charge is 2.32. The van der Waals surface area contributed by atoms with E-state index in [9.17, 15) is 23.1 Å². The van der Waals surface area contributed by atoms with E-state index in [1.165, 1.54) is 11.8 Å². The molecular weight excluding hydrogens is 610 g/mol. The Morgan fingerprint density at radius 3 is 2.61 bits per heavy atom. The number of amides is 3. The number of benzene rings is 3. The van der Waals surface area contributed by atoms with Gasteiger partial charge in [-0.2, -0.15) is 0 Å². The second-order valence-electron chi connectivity index (χ2n) is 11.8. The lowest BCUT2D eigenvalue weighted by molar-refractivity contribution is -0.134. The molecule has 3 aromatic carbocycles. The van der Waals surface area contributed by atoms with Crippen molar-refractivity contribution in [1.29, 1.82) is 0 Å². The summed E-state index contributed by atoms with van der Waals surface area (Å²) < 4.78 is 40.5. The molecule has 244 valence electrons. The van der Waals surface area contributed by atoms with Gasteiger partial charge >= 0.3 is 6.03 Å². The van der Waals surface area contributed by atoms with Gasteiger partial charge in [0.15, 0.2) is 10.7 Å². The number of rotatable bonds is 8. The Morgan fingerprint density at radius 2 is 1.89 bits per heavy atom. The van der Waals surface area contributed by atoms with E-state index in [2.05, 4.69) is 15.2 Å². The van der Waals surface area contributed by atoms with Gasteiger partial charge in [0.1, 0.15) is 17.5 Å². The molecule has 3 amide bonds. The zero-order chi connectivity index (χ0) is 33.2. The first-order valence-corrected chi connectivity index (χ1v) is 16.5. The first-order chi connectivity index (χ1) is 21.9. The van der Waals surface area contributed by atoms with Crippen LogP contribution < -0.4 is 14.8 Å². The van der Waals surface area contributed by atoms with E-state index in [0.29, 0.717) is 17.0 Å². The second kappa shape index (κ2) is 13.4. The molecule has 4 aromatic rings. The van der Waals surface area contributed by atoms with Crippen LogP contribution in [0.4, 0.5) is 16.2 Å². The van der Waals surface area contributed by atoms with Crippen molar-refractivity contribution in [3.05, 3.63) is 77.7 Å². The third-order valence-electron chi connectivity index (χ3n) is 8.24. The van der Waals surface area contributed by atoms with Gasteiger partial charge in [-0.25, -0.2) is 13.2 Å². The fourth-order valence-corrected chi connectivity index (χ4v) is 7.05. The highest BCUT2D eigenvalue weighted by Crippen LogP contribution is 2.31. The van der Waals surface area contributed by atoms with Crippen molar-refractivity contribution in [3.63, 3.8) is 0 Å². The SMILES string of the molecule is Cc1noc(C)c1S(=O)(=O)Nc1ccc2c(c1)CC(=O)N([C@@H](C)CO)C[C@H](C)[C@H](CN(C)C(=O)Nc1cccc3ccccc13)O2. The summed E-state index contributed by atoms with van der Waals surface area (Å²) in [5.41, 5.74) is 1.60. The van der Waals surface area contributed by atoms with Crippen LogP contribution in [0.3, 0.4) is 0 Å². The van der Waals surface area contributed by atoms with Gasteiger partial charge < -0.3 is 29.5 Å². The van der Waals surface area contributed by atoms with Crippen LogP contribution >= 0.6 is 0 Å². The largest absolute Gasteiger partial charge is 0.488 e. The Balaban J connectivity index is 1.42. The maximum Gasteiger partial charge on any atom is 0.321 e. The maximum atomic E-state index is 13.6. The first kappa shape index (κ1) is 32.8. The summed E-state index contributed by atoms with van der Waals surface area (Å²) in [6.45, 7) is 6.99. The number of aromatic nitrogens is 1. The molecule has 0 radical (unpaired) electrons. The first-order valence-electron chi connectivity index (χ1n) is 15.0. The molecule has 46 heavy (non-hydrogen) atoms. The van der Waals surface area contributed by atoms with Crippen LogP contribution in [-0.2, 0) is 21.2 Å². The summed E-state index contributed by atoms with van der Waals surface area (Å²) in [6, 6.07) is 17.4. The van der Waals surface area contributed by atoms with Crippen molar-refractivity contribution >= 4 is 44.1 Å². The van der Waals surface area contributed by atoms with Gasteiger partial charge in [0.25, 0.3) is 10.0 Å². The number of ether oxygens (including phenoxy) is 1. The number of sulfonamides is 1. The predicted molar refractivity (Wildman–Crippen MR) is 174 cm³/mol. The lowest BCUT2D eigenvalue weighted by Crippen LogP contribution is -2.48. The van der Waals surface area contributed by atoms with E-state index in [-0.39, 0.29) is 66.0 Å². The average Bonchev–Trinajstić information content (AvgIpc) is 3.39. The lowest BCUT2D eigenvalue weighted by Gasteiger charge is -2.34. The zero-order valence-electron chi connectivity index (χ0n) is 26.5. The number of likely N-dealkylation sites (N-methyl/N-ethyl adjacent to an activating group) is 1. The van der Waals surface area contributed by atoms with E-state index in [0.717, 1.165) is 10.8 Å². The number of hydrogen-bond acceptors (Lipinski definition) is 8. The van der Waals surface area contributed by atoms with Gasteiger partial charge in [-0.3, -0.25) is 9.52 Å². The minimum Gasteiger partial charge on any atom is -0.488 e. The molecule has 0 spiro atoms. The molecule has 13 heteroatoms.